The first-order valence-corrected chi connectivity index (χ1v) is 9.56. The molecule has 0 bridgehead atoms. The van der Waals surface area contributed by atoms with Gasteiger partial charge in [0.15, 0.2) is 0 Å². The number of carbonyl (C=O) groups excluding carboxylic acids is 1. The predicted molar refractivity (Wildman–Crippen MR) is 111 cm³/mol. The molecule has 0 fully saturated rings. The zero-order valence-electron chi connectivity index (χ0n) is 15.6. The highest BCUT2D eigenvalue weighted by atomic mass is 32.1. The van der Waals surface area contributed by atoms with Crippen LogP contribution in [0.5, 0.6) is 5.75 Å². The number of ether oxygens (including phenoxy) is 1. The summed E-state index contributed by atoms with van der Waals surface area (Å²) >= 11 is 1.59. The van der Waals surface area contributed by atoms with Gasteiger partial charge in [0.1, 0.15) is 24.0 Å². The van der Waals surface area contributed by atoms with E-state index in [1.807, 2.05) is 43.5 Å². The van der Waals surface area contributed by atoms with Crippen molar-refractivity contribution in [2.75, 3.05) is 5.32 Å². The molecule has 1 aromatic heterocycles. The lowest BCUT2D eigenvalue weighted by molar-refractivity contribution is -0.112. The number of nitriles is 1. The average molecular weight is 389 g/mol. The number of nitrogens with zero attached hydrogens (tertiary/aromatic N) is 2. The molecule has 1 heterocycles. The van der Waals surface area contributed by atoms with Crippen LogP contribution in [0.2, 0.25) is 0 Å². The molecule has 6 heteroatoms. The average Bonchev–Trinajstić information content (AvgIpc) is 3.12. The molecule has 3 aromatic rings. The Labute approximate surface area is 167 Å². The maximum absolute atomic E-state index is 12.4. The minimum atomic E-state index is -0.434. The highest BCUT2D eigenvalue weighted by Crippen LogP contribution is 2.18. The van der Waals surface area contributed by atoms with E-state index >= 15 is 0 Å². The van der Waals surface area contributed by atoms with Crippen molar-refractivity contribution in [1.82, 2.24) is 4.98 Å². The summed E-state index contributed by atoms with van der Waals surface area (Å²) in [6.07, 6.45) is 1.56. The number of hydrogen-bond donors (Lipinski definition) is 1. The molecule has 0 unspecified atom stereocenters. The number of hydrogen-bond acceptors (Lipinski definition) is 5. The second-order valence-corrected chi connectivity index (χ2v) is 7.22. The molecule has 0 aliphatic carbocycles. The summed E-state index contributed by atoms with van der Waals surface area (Å²) in [5.41, 5.74) is 3.30. The first-order valence-electron chi connectivity index (χ1n) is 8.68. The fourth-order valence-corrected chi connectivity index (χ4v) is 3.11. The first kappa shape index (κ1) is 19.3. The van der Waals surface area contributed by atoms with Crippen molar-refractivity contribution in [2.45, 2.75) is 20.5 Å². The Kier molecular flexibility index (Phi) is 6.20. The van der Waals surface area contributed by atoms with Crippen molar-refractivity contribution in [3.05, 3.63) is 81.3 Å². The Morgan fingerprint density at radius 2 is 1.96 bits per heavy atom. The maximum Gasteiger partial charge on any atom is 0.266 e. The molecule has 140 valence electrons. The zero-order chi connectivity index (χ0) is 19.9. The van der Waals surface area contributed by atoms with Gasteiger partial charge in [0.25, 0.3) is 5.91 Å². The summed E-state index contributed by atoms with van der Waals surface area (Å²) in [7, 11) is 0. The van der Waals surface area contributed by atoms with E-state index < -0.39 is 5.91 Å². The van der Waals surface area contributed by atoms with Gasteiger partial charge in [-0.1, -0.05) is 30.3 Å². The van der Waals surface area contributed by atoms with E-state index in [1.165, 1.54) is 0 Å². The molecule has 0 saturated heterocycles. The van der Waals surface area contributed by atoms with Gasteiger partial charge in [0.05, 0.1) is 10.7 Å². The van der Waals surface area contributed by atoms with E-state index in [2.05, 4.69) is 10.3 Å². The lowest BCUT2D eigenvalue weighted by Crippen LogP contribution is -2.14. The van der Waals surface area contributed by atoms with Gasteiger partial charge in [-0.05, 0) is 49.2 Å². The van der Waals surface area contributed by atoms with Crippen LogP contribution in [0.4, 0.5) is 5.69 Å². The van der Waals surface area contributed by atoms with Crippen LogP contribution in [0.1, 0.15) is 21.8 Å². The highest BCUT2D eigenvalue weighted by Gasteiger charge is 2.10. The molecule has 0 atom stereocenters. The number of amides is 1. The Morgan fingerprint density at radius 3 is 2.61 bits per heavy atom. The second-order valence-electron chi connectivity index (χ2n) is 6.15. The van der Waals surface area contributed by atoms with Crippen molar-refractivity contribution in [1.29, 1.82) is 5.26 Å². The van der Waals surface area contributed by atoms with Crippen LogP contribution in [0.25, 0.3) is 6.08 Å². The third-order valence-corrected chi connectivity index (χ3v) is 4.83. The number of benzene rings is 2. The van der Waals surface area contributed by atoms with Crippen molar-refractivity contribution < 1.29 is 9.53 Å². The number of nitrogens with one attached hydrogen (secondary N) is 1. The minimum absolute atomic E-state index is 0.0369. The molecule has 2 aromatic carbocycles. The van der Waals surface area contributed by atoms with Gasteiger partial charge in [0.2, 0.25) is 0 Å². The van der Waals surface area contributed by atoms with E-state index in [1.54, 1.807) is 47.7 Å². The van der Waals surface area contributed by atoms with Crippen molar-refractivity contribution in [2.24, 2.45) is 0 Å². The van der Waals surface area contributed by atoms with Crippen LogP contribution < -0.4 is 10.1 Å². The number of aromatic nitrogens is 1. The standard InChI is InChI=1S/C22H19N3O2S/c1-15-5-3-4-6-21(15)25-22(26)18(12-23)11-17-7-9-20(10-8-17)27-13-19-14-28-16(2)24-19/h3-11,14H,13H2,1-2H3,(H,25,26)/b18-11+. The van der Waals surface area contributed by atoms with Crippen LogP contribution in [0, 0.1) is 25.2 Å². The summed E-state index contributed by atoms with van der Waals surface area (Å²) in [5, 5.41) is 15.1. The fraction of sp³-hybridized carbons (Fsp3) is 0.136. The quantitative estimate of drug-likeness (QED) is 0.481. The first-order chi connectivity index (χ1) is 13.5. The molecule has 0 spiro atoms. The van der Waals surface area contributed by atoms with Crippen LogP contribution in [-0.4, -0.2) is 10.9 Å². The molecule has 0 aliphatic heterocycles. The molecule has 28 heavy (non-hydrogen) atoms. The number of anilines is 1. The Hall–Kier alpha value is -3.43. The summed E-state index contributed by atoms with van der Waals surface area (Å²) in [4.78, 5) is 16.8. The Morgan fingerprint density at radius 1 is 1.21 bits per heavy atom. The third-order valence-electron chi connectivity index (χ3n) is 4.00. The molecule has 1 amide bonds. The van der Waals surface area contributed by atoms with E-state index in [9.17, 15) is 10.1 Å². The van der Waals surface area contributed by atoms with Gasteiger partial charge in [-0.2, -0.15) is 5.26 Å². The SMILES string of the molecule is Cc1nc(COc2ccc(/C=C(\C#N)C(=O)Nc3ccccc3C)cc2)cs1. The van der Waals surface area contributed by atoms with E-state index in [0.29, 0.717) is 18.0 Å². The van der Waals surface area contributed by atoms with Crippen LogP contribution >= 0.6 is 11.3 Å². The fourth-order valence-electron chi connectivity index (χ4n) is 2.51. The van der Waals surface area contributed by atoms with Crippen molar-refractivity contribution in [3.8, 4) is 11.8 Å². The summed E-state index contributed by atoms with van der Waals surface area (Å²) < 4.78 is 5.71. The molecular formula is C22H19N3O2S. The topological polar surface area (TPSA) is 75.0 Å². The zero-order valence-corrected chi connectivity index (χ0v) is 16.4. The predicted octanol–water partition coefficient (Wildman–Crippen LogP) is 4.88. The van der Waals surface area contributed by atoms with Gasteiger partial charge in [-0.15, -0.1) is 11.3 Å². The summed E-state index contributed by atoms with van der Waals surface area (Å²) in [6.45, 7) is 4.26. The van der Waals surface area contributed by atoms with Crippen molar-refractivity contribution in [3.63, 3.8) is 0 Å². The van der Waals surface area contributed by atoms with E-state index in [0.717, 1.165) is 21.8 Å². The molecule has 1 N–H and O–H groups in total. The van der Waals surface area contributed by atoms with Gasteiger partial charge < -0.3 is 10.1 Å². The summed E-state index contributed by atoms with van der Waals surface area (Å²) in [5.74, 6) is 0.265. The van der Waals surface area contributed by atoms with Crippen LogP contribution in [0.15, 0.2) is 59.5 Å². The van der Waals surface area contributed by atoms with Gasteiger partial charge in [-0.3, -0.25) is 4.79 Å². The lowest BCUT2D eigenvalue weighted by atomic mass is 10.1. The van der Waals surface area contributed by atoms with Gasteiger partial charge in [0, 0.05) is 11.1 Å². The van der Waals surface area contributed by atoms with Gasteiger partial charge >= 0.3 is 0 Å². The minimum Gasteiger partial charge on any atom is -0.487 e. The molecule has 0 saturated carbocycles. The second kappa shape index (κ2) is 8.98. The number of aryl methyl sites for hydroxylation is 2. The largest absolute Gasteiger partial charge is 0.487 e. The third kappa shape index (κ3) is 5.06. The lowest BCUT2D eigenvalue weighted by Gasteiger charge is -2.07. The molecular weight excluding hydrogens is 370 g/mol. The molecule has 0 aliphatic rings. The monoisotopic (exact) mass is 389 g/mol. The number of rotatable bonds is 6. The Bertz CT molecular complexity index is 1050. The summed E-state index contributed by atoms with van der Waals surface area (Å²) in [6, 6.07) is 16.6. The van der Waals surface area contributed by atoms with Gasteiger partial charge in [-0.25, -0.2) is 4.98 Å². The Balaban J connectivity index is 1.66. The van der Waals surface area contributed by atoms with Crippen LogP contribution in [0.3, 0.4) is 0 Å². The number of thiazole rings is 1. The maximum atomic E-state index is 12.4. The molecule has 3 rings (SSSR count). The molecule has 5 nitrogen and oxygen atoms in total. The van der Waals surface area contributed by atoms with Crippen molar-refractivity contribution >= 4 is 29.0 Å². The smallest absolute Gasteiger partial charge is 0.266 e. The molecule has 0 radical (unpaired) electrons. The normalized spacial score (nSPS) is 11.0. The number of carbonyl (C=O) groups is 1. The highest BCUT2D eigenvalue weighted by molar-refractivity contribution is 7.09. The van der Waals surface area contributed by atoms with E-state index in [4.69, 9.17) is 4.74 Å². The van der Waals surface area contributed by atoms with Crippen LogP contribution in [-0.2, 0) is 11.4 Å². The van der Waals surface area contributed by atoms with E-state index in [-0.39, 0.29) is 5.57 Å². The number of para-hydroxylation sites is 1.